The number of hydrogen-bond donors (Lipinski definition) is 1. The first kappa shape index (κ1) is 15.5. The Kier molecular flexibility index (Phi) is 5.83. The van der Waals surface area contributed by atoms with Crippen molar-refractivity contribution in [1.29, 1.82) is 0 Å². The Bertz CT molecular complexity index is 432. The molecule has 1 rings (SSSR count). The van der Waals surface area contributed by atoms with Gasteiger partial charge in [-0.15, -0.1) is 0 Å². The van der Waals surface area contributed by atoms with Crippen LogP contribution in [0.3, 0.4) is 0 Å². The van der Waals surface area contributed by atoms with E-state index in [1.807, 2.05) is 24.0 Å². The van der Waals surface area contributed by atoms with Crippen LogP contribution in [0.2, 0.25) is 0 Å². The van der Waals surface area contributed by atoms with Crippen LogP contribution in [0.25, 0.3) is 0 Å². The van der Waals surface area contributed by atoms with Gasteiger partial charge in [-0.1, -0.05) is 13.0 Å². The van der Waals surface area contributed by atoms with Gasteiger partial charge in [-0.2, -0.15) is 0 Å². The molecule has 4 nitrogen and oxygen atoms in total. The Morgan fingerprint density at radius 1 is 1.47 bits per heavy atom. The lowest BCUT2D eigenvalue weighted by molar-refractivity contribution is 0.0613. The van der Waals surface area contributed by atoms with Crippen LogP contribution >= 0.6 is 0 Å². The molecule has 1 atom stereocenters. The van der Waals surface area contributed by atoms with Crippen LogP contribution in [0.1, 0.15) is 36.2 Å². The van der Waals surface area contributed by atoms with E-state index in [0.717, 1.165) is 12.0 Å². The molecule has 0 fully saturated rings. The van der Waals surface area contributed by atoms with E-state index in [1.165, 1.54) is 0 Å². The highest BCUT2D eigenvalue weighted by Crippen LogP contribution is 2.17. The van der Waals surface area contributed by atoms with E-state index < -0.39 is 0 Å². The lowest BCUT2D eigenvalue weighted by Crippen LogP contribution is -2.40. The van der Waals surface area contributed by atoms with Gasteiger partial charge in [-0.25, -0.2) is 0 Å². The Morgan fingerprint density at radius 2 is 2.16 bits per heavy atom. The van der Waals surface area contributed by atoms with Gasteiger partial charge < -0.3 is 15.4 Å². The standard InChI is InChI=1S/C15H24N2O2/c1-5-12(3)17(8-9-19-4)15(18)14-10-13(16)7-6-11(14)2/h6-7,10,12H,5,8-9,16H2,1-4H3. The van der Waals surface area contributed by atoms with E-state index in [2.05, 4.69) is 13.8 Å². The van der Waals surface area contributed by atoms with Crippen LogP contribution in [-0.4, -0.2) is 37.1 Å². The maximum Gasteiger partial charge on any atom is 0.254 e. The van der Waals surface area contributed by atoms with Crippen molar-refractivity contribution in [2.75, 3.05) is 26.0 Å². The molecule has 1 amide bonds. The Hall–Kier alpha value is -1.55. The molecule has 0 bridgehead atoms. The van der Waals surface area contributed by atoms with Crippen LogP contribution in [0.4, 0.5) is 5.69 Å². The van der Waals surface area contributed by atoms with E-state index >= 15 is 0 Å². The fourth-order valence-electron chi connectivity index (χ4n) is 1.96. The number of nitrogen functional groups attached to an aromatic ring is 1. The zero-order valence-electron chi connectivity index (χ0n) is 12.3. The molecule has 1 aromatic carbocycles. The maximum atomic E-state index is 12.6. The molecule has 0 saturated carbocycles. The second-order valence-electron chi connectivity index (χ2n) is 4.82. The topological polar surface area (TPSA) is 55.6 Å². The molecule has 0 saturated heterocycles. The summed E-state index contributed by atoms with van der Waals surface area (Å²) in [6, 6.07) is 5.63. The largest absolute Gasteiger partial charge is 0.399 e. The highest BCUT2D eigenvalue weighted by molar-refractivity contribution is 5.96. The normalized spacial score (nSPS) is 12.2. The summed E-state index contributed by atoms with van der Waals surface area (Å²) in [6.07, 6.45) is 0.914. The molecule has 0 aliphatic heterocycles. The van der Waals surface area contributed by atoms with E-state index in [0.29, 0.717) is 24.4 Å². The van der Waals surface area contributed by atoms with Crippen molar-refractivity contribution >= 4 is 11.6 Å². The molecule has 0 spiro atoms. The predicted molar refractivity (Wildman–Crippen MR) is 78.3 cm³/mol. The zero-order chi connectivity index (χ0) is 14.4. The van der Waals surface area contributed by atoms with Crippen LogP contribution in [0.15, 0.2) is 18.2 Å². The Labute approximate surface area is 115 Å². The molecule has 19 heavy (non-hydrogen) atoms. The van der Waals surface area contributed by atoms with Gasteiger partial charge in [-0.05, 0) is 38.0 Å². The monoisotopic (exact) mass is 264 g/mol. The van der Waals surface area contributed by atoms with E-state index in [4.69, 9.17) is 10.5 Å². The fraction of sp³-hybridized carbons (Fsp3) is 0.533. The van der Waals surface area contributed by atoms with E-state index in [-0.39, 0.29) is 11.9 Å². The number of aryl methyl sites for hydroxylation is 1. The van der Waals surface area contributed by atoms with Crippen LogP contribution < -0.4 is 5.73 Å². The molecule has 0 aliphatic carbocycles. The second-order valence-corrected chi connectivity index (χ2v) is 4.82. The lowest BCUT2D eigenvalue weighted by atomic mass is 10.1. The summed E-state index contributed by atoms with van der Waals surface area (Å²) in [7, 11) is 1.64. The van der Waals surface area contributed by atoms with Crippen molar-refractivity contribution in [2.45, 2.75) is 33.2 Å². The van der Waals surface area contributed by atoms with Crippen molar-refractivity contribution in [2.24, 2.45) is 0 Å². The summed E-state index contributed by atoms with van der Waals surface area (Å²) < 4.78 is 5.09. The van der Waals surface area contributed by atoms with Gasteiger partial charge >= 0.3 is 0 Å². The summed E-state index contributed by atoms with van der Waals surface area (Å²) in [5, 5.41) is 0. The zero-order valence-corrected chi connectivity index (χ0v) is 12.3. The SMILES string of the molecule is CCC(C)N(CCOC)C(=O)c1cc(N)ccc1C. The summed E-state index contributed by atoms with van der Waals surface area (Å²) in [5.41, 5.74) is 8.02. The van der Waals surface area contributed by atoms with E-state index in [9.17, 15) is 4.79 Å². The first-order valence-electron chi connectivity index (χ1n) is 6.67. The van der Waals surface area contributed by atoms with Gasteiger partial charge in [0.1, 0.15) is 0 Å². The smallest absolute Gasteiger partial charge is 0.254 e. The number of carbonyl (C=O) groups is 1. The number of nitrogens with zero attached hydrogens (tertiary/aromatic N) is 1. The van der Waals surface area contributed by atoms with Crippen molar-refractivity contribution in [1.82, 2.24) is 4.90 Å². The molecule has 0 aromatic heterocycles. The van der Waals surface area contributed by atoms with Crippen LogP contribution in [-0.2, 0) is 4.74 Å². The quantitative estimate of drug-likeness (QED) is 0.803. The minimum Gasteiger partial charge on any atom is -0.399 e. The average molecular weight is 264 g/mol. The van der Waals surface area contributed by atoms with Gasteiger partial charge in [0.15, 0.2) is 0 Å². The van der Waals surface area contributed by atoms with Crippen molar-refractivity contribution in [3.63, 3.8) is 0 Å². The third-order valence-electron chi connectivity index (χ3n) is 3.41. The minimum absolute atomic E-state index is 0.0243. The molecule has 0 radical (unpaired) electrons. The van der Waals surface area contributed by atoms with Gasteiger partial charge in [0, 0.05) is 30.9 Å². The summed E-state index contributed by atoms with van der Waals surface area (Å²) in [6.45, 7) is 7.19. The number of ether oxygens (including phenoxy) is 1. The van der Waals surface area contributed by atoms with Gasteiger partial charge in [0.2, 0.25) is 0 Å². The molecule has 2 N–H and O–H groups in total. The summed E-state index contributed by atoms with van der Waals surface area (Å²) in [4.78, 5) is 14.5. The summed E-state index contributed by atoms with van der Waals surface area (Å²) >= 11 is 0. The third-order valence-corrected chi connectivity index (χ3v) is 3.41. The number of nitrogens with two attached hydrogens (primary N) is 1. The molecular weight excluding hydrogens is 240 g/mol. The molecule has 0 aliphatic rings. The number of anilines is 1. The minimum atomic E-state index is 0.0243. The van der Waals surface area contributed by atoms with Crippen molar-refractivity contribution < 1.29 is 9.53 Å². The molecule has 0 heterocycles. The lowest BCUT2D eigenvalue weighted by Gasteiger charge is -2.29. The Morgan fingerprint density at radius 3 is 2.74 bits per heavy atom. The molecule has 1 aromatic rings. The van der Waals surface area contributed by atoms with Crippen molar-refractivity contribution in [3.8, 4) is 0 Å². The van der Waals surface area contributed by atoms with Crippen LogP contribution in [0.5, 0.6) is 0 Å². The van der Waals surface area contributed by atoms with Gasteiger partial charge in [-0.3, -0.25) is 4.79 Å². The number of amides is 1. The van der Waals surface area contributed by atoms with Gasteiger partial charge in [0.05, 0.1) is 6.61 Å². The van der Waals surface area contributed by atoms with Crippen LogP contribution in [0, 0.1) is 6.92 Å². The highest BCUT2D eigenvalue weighted by Gasteiger charge is 2.21. The van der Waals surface area contributed by atoms with Crippen molar-refractivity contribution in [3.05, 3.63) is 29.3 Å². The fourth-order valence-corrected chi connectivity index (χ4v) is 1.96. The third kappa shape index (κ3) is 3.96. The van der Waals surface area contributed by atoms with E-state index in [1.54, 1.807) is 13.2 Å². The highest BCUT2D eigenvalue weighted by atomic mass is 16.5. The first-order chi connectivity index (χ1) is 9.01. The van der Waals surface area contributed by atoms with Gasteiger partial charge in [0.25, 0.3) is 5.91 Å². The maximum absolute atomic E-state index is 12.6. The number of methoxy groups -OCH3 is 1. The number of rotatable bonds is 6. The molecule has 106 valence electrons. The second kappa shape index (κ2) is 7.14. The molecule has 1 unspecified atom stereocenters. The summed E-state index contributed by atoms with van der Waals surface area (Å²) in [5.74, 6) is 0.0243. The predicted octanol–water partition coefficient (Wildman–Crippen LogP) is 2.46. The first-order valence-corrected chi connectivity index (χ1v) is 6.67. The average Bonchev–Trinajstić information content (AvgIpc) is 2.41. The molecule has 4 heteroatoms. The molecular formula is C15H24N2O2. The number of hydrogen-bond acceptors (Lipinski definition) is 3. The number of carbonyl (C=O) groups excluding carboxylic acids is 1. The number of benzene rings is 1. The Balaban J connectivity index is 3.00.